The molecule has 4 nitrogen and oxygen atoms in total. The minimum absolute atomic E-state index is 0.466. The molecular weight excluding hydrogens is 216 g/mol. The molecule has 0 fully saturated rings. The molecule has 0 rings (SSSR count). The normalized spacial score (nSPS) is 13.4. The predicted molar refractivity (Wildman–Crippen MR) is 69.3 cm³/mol. The van der Waals surface area contributed by atoms with Crippen LogP contribution in [0.5, 0.6) is 0 Å². The minimum Gasteiger partial charge on any atom is -0.307 e. The summed E-state index contributed by atoms with van der Waals surface area (Å²) in [6.45, 7) is 2.19. The zero-order valence-corrected chi connectivity index (χ0v) is 10.9. The summed E-state index contributed by atoms with van der Waals surface area (Å²) in [5.74, 6) is -0.560. The van der Waals surface area contributed by atoms with Crippen LogP contribution in [0.4, 0.5) is 0 Å². The number of carbonyl (C=O) groups is 2. The van der Waals surface area contributed by atoms with Crippen LogP contribution in [0.2, 0.25) is 0 Å². The number of carbonyl (C=O) groups excluding carboxylic acids is 2. The van der Waals surface area contributed by atoms with Gasteiger partial charge in [-0.05, 0) is 6.42 Å². The van der Waals surface area contributed by atoms with Crippen LogP contribution < -0.4 is 11.5 Å². The number of rotatable bonds is 11. The van der Waals surface area contributed by atoms with Crippen LogP contribution in [0, 0.1) is 5.92 Å². The minimum atomic E-state index is -1.50. The number of nitrogens with two attached hydrogens (primary N) is 2. The Morgan fingerprint density at radius 2 is 1.53 bits per heavy atom. The number of aldehydes is 2. The molecule has 4 N–H and O–H groups in total. The van der Waals surface area contributed by atoms with Crippen LogP contribution >= 0.6 is 0 Å². The summed E-state index contributed by atoms with van der Waals surface area (Å²) in [6, 6.07) is 0. The summed E-state index contributed by atoms with van der Waals surface area (Å²) < 4.78 is 0. The molecule has 0 saturated heterocycles. The zero-order chi connectivity index (χ0) is 13.1. The quantitative estimate of drug-likeness (QED) is 0.328. The van der Waals surface area contributed by atoms with Gasteiger partial charge >= 0.3 is 0 Å². The van der Waals surface area contributed by atoms with Gasteiger partial charge in [0.25, 0.3) is 0 Å². The van der Waals surface area contributed by atoms with Crippen molar-refractivity contribution in [3.05, 3.63) is 0 Å². The van der Waals surface area contributed by atoms with E-state index in [0.29, 0.717) is 19.0 Å². The van der Waals surface area contributed by atoms with Crippen molar-refractivity contribution in [1.29, 1.82) is 0 Å². The number of unbranched alkanes of at least 4 members (excludes halogenated alkanes) is 6. The monoisotopic (exact) mass is 242 g/mol. The van der Waals surface area contributed by atoms with Gasteiger partial charge in [0.05, 0.1) is 5.92 Å². The summed E-state index contributed by atoms with van der Waals surface area (Å²) in [5, 5.41) is 0. The molecule has 0 amide bonds. The molecule has 0 spiro atoms. The average molecular weight is 242 g/mol. The number of hydrogen-bond donors (Lipinski definition) is 2. The van der Waals surface area contributed by atoms with Crippen LogP contribution in [0.3, 0.4) is 0 Å². The van der Waals surface area contributed by atoms with Gasteiger partial charge in [-0.2, -0.15) is 0 Å². The van der Waals surface area contributed by atoms with E-state index in [-0.39, 0.29) is 0 Å². The molecule has 1 atom stereocenters. The Morgan fingerprint density at radius 1 is 1.00 bits per heavy atom. The van der Waals surface area contributed by atoms with Crippen molar-refractivity contribution in [2.75, 3.05) is 0 Å². The third kappa shape index (κ3) is 7.23. The fraction of sp³-hybridized carbons (Fsp3) is 0.846. The highest BCUT2D eigenvalue weighted by Crippen LogP contribution is 2.15. The SMILES string of the molecule is CCCCCCCCCC(C=O)C(N)(N)C=O. The summed E-state index contributed by atoms with van der Waals surface area (Å²) in [5.41, 5.74) is 9.56. The van der Waals surface area contributed by atoms with Crippen LogP contribution in [-0.2, 0) is 9.59 Å². The number of hydrogen-bond acceptors (Lipinski definition) is 4. The van der Waals surface area contributed by atoms with E-state index in [9.17, 15) is 9.59 Å². The van der Waals surface area contributed by atoms with E-state index in [1.165, 1.54) is 32.1 Å². The van der Waals surface area contributed by atoms with E-state index in [2.05, 4.69) is 6.92 Å². The Labute approximate surface area is 104 Å². The fourth-order valence-electron chi connectivity index (χ4n) is 1.84. The Morgan fingerprint density at radius 3 is 2.00 bits per heavy atom. The van der Waals surface area contributed by atoms with Crippen molar-refractivity contribution in [1.82, 2.24) is 0 Å². The second-order valence-electron chi connectivity index (χ2n) is 4.77. The lowest BCUT2D eigenvalue weighted by atomic mass is 9.91. The first-order valence-electron chi connectivity index (χ1n) is 6.57. The maximum absolute atomic E-state index is 10.8. The van der Waals surface area contributed by atoms with Gasteiger partial charge in [0.1, 0.15) is 11.9 Å². The van der Waals surface area contributed by atoms with Gasteiger partial charge in [-0.15, -0.1) is 0 Å². The van der Waals surface area contributed by atoms with Gasteiger partial charge in [-0.25, -0.2) is 0 Å². The summed E-state index contributed by atoms with van der Waals surface area (Å²) in [7, 11) is 0. The summed E-state index contributed by atoms with van der Waals surface area (Å²) in [4.78, 5) is 21.4. The third-order valence-electron chi connectivity index (χ3n) is 3.13. The van der Waals surface area contributed by atoms with E-state index in [4.69, 9.17) is 11.5 Å². The molecule has 0 aromatic heterocycles. The Kier molecular flexibility index (Phi) is 8.90. The molecular formula is C13H26N2O2. The van der Waals surface area contributed by atoms with Crippen LogP contribution in [0.15, 0.2) is 0 Å². The van der Waals surface area contributed by atoms with E-state index in [1.807, 2.05) is 0 Å². The van der Waals surface area contributed by atoms with Crippen LogP contribution in [0.25, 0.3) is 0 Å². The van der Waals surface area contributed by atoms with Gasteiger partial charge in [-0.1, -0.05) is 51.9 Å². The highest BCUT2D eigenvalue weighted by molar-refractivity contribution is 5.71. The maximum Gasteiger partial charge on any atom is 0.154 e. The van der Waals surface area contributed by atoms with Gasteiger partial charge in [0.2, 0.25) is 0 Å². The molecule has 0 aliphatic carbocycles. The Hall–Kier alpha value is -0.740. The topological polar surface area (TPSA) is 86.2 Å². The van der Waals surface area contributed by atoms with E-state index in [1.54, 1.807) is 0 Å². The van der Waals surface area contributed by atoms with E-state index >= 15 is 0 Å². The van der Waals surface area contributed by atoms with Crippen molar-refractivity contribution in [3.63, 3.8) is 0 Å². The Balaban J connectivity index is 3.64. The molecule has 100 valence electrons. The van der Waals surface area contributed by atoms with Crippen molar-refractivity contribution >= 4 is 12.6 Å². The second kappa shape index (κ2) is 9.31. The molecule has 0 saturated carbocycles. The van der Waals surface area contributed by atoms with Crippen molar-refractivity contribution < 1.29 is 9.59 Å². The highest BCUT2D eigenvalue weighted by atomic mass is 16.1. The highest BCUT2D eigenvalue weighted by Gasteiger charge is 2.29. The molecule has 0 aromatic rings. The molecule has 0 aromatic carbocycles. The van der Waals surface area contributed by atoms with Crippen molar-refractivity contribution in [2.24, 2.45) is 17.4 Å². The standard InChI is InChI=1S/C13H26N2O2/c1-2-3-4-5-6-7-8-9-12(10-16)13(14,15)11-17/h10-12H,2-9,14-15H2,1H3. The van der Waals surface area contributed by atoms with E-state index < -0.39 is 11.6 Å². The molecule has 0 heterocycles. The van der Waals surface area contributed by atoms with Gasteiger partial charge in [0, 0.05) is 0 Å². The van der Waals surface area contributed by atoms with Gasteiger partial charge in [0.15, 0.2) is 6.29 Å². The lowest BCUT2D eigenvalue weighted by molar-refractivity contribution is -0.120. The molecule has 17 heavy (non-hydrogen) atoms. The van der Waals surface area contributed by atoms with Crippen LogP contribution in [0.1, 0.15) is 58.3 Å². The fourth-order valence-corrected chi connectivity index (χ4v) is 1.84. The smallest absolute Gasteiger partial charge is 0.154 e. The molecule has 0 radical (unpaired) electrons. The molecule has 0 aliphatic rings. The van der Waals surface area contributed by atoms with Crippen LogP contribution in [-0.4, -0.2) is 18.2 Å². The van der Waals surface area contributed by atoms with Crippen molar-refractivity contribution in [2.45, 2.75) is 64.0 Å². The summed E-state index contributed by atoms with van der Waals surface area (Å²) in [6.07, 6.45) is 9.97. The molecule has 0 aliphatic heterocycles. The average Bonchev–Trinajstić information content (AvgIpc) is 2.32. The van der Waals surface area contributed by atoms with Gasteiger partial charge in [-0.3, -0.25) is 4.79 Å². The Bertz CT molecular complexity index is 217. The first-order valence-corrected chi connectivity index (χ1v) is 6.57. The summed E-state index contributed by atoms with van der Waals surface area (Å²) >= 11 is 0. The molecule has 0 bridgehead atoms. The van der Waals surface area contributed by atoms with Gasteiger partial charge < -0.3 is 16.3 Å². The lowest BCUT2D eigenvalue weighted by Gasteiger charge is -2.23. The molecule has 1 unspecified atom stereocenters. The van der Waals surface area contributed by atoms with E-state index in [0.717, 1.165) is 12.8 Å². The first-order chi connectivity index (χ1) is 8.08. The largest absolute Gasteiger partial charge is 0.307 e. The first kappa shape index (κ1) is 16.3. The lowest BCUT2D eigenvalue weighted by Crippen LogP contribution is -2.57. The van der Waals surface area contributed by atoms with Crippen molar-refractivity contribution in [3.8, 4) is 0 Å². The zero-order valence-electron chi connectivity index (χ0n) is 10.9. The second-order valence-corrected chi connectivity index (χ2v) is 4.77. The molecule has 4 heteroatoms. The maximum atomic E-state index is 10.8. The third-order valence-corrected chi connectivity index (χ3v) is 3.13. The predicted octanol–water partition coefficient (Wildman–Crippen LogP) is 1.75.